The number of esters is 2. The lowest BCUT2D eigenvalue weighted by Crippen LogP contribution is -2.53. The summed E-state index contributed by atoms with van der Waals surface area (Å²) in [5.41, 5.74) is -1.29. The largest absolute Gasteiger partial charge is 0.460 e. The number of carbonyl (C=O) groups is 2. The van der Waals surface area contributed by atoms with E-state index in [1.165, 1.54) is 0 Å². The Bertz CT molecular complexity index is 540. The van der Waals surface area contributed by atoms with Gasteiger partial charge in [0.15, 0.2) is 0 Å². The molecule has 2 fully saturated rings. The maximum atomic E-state index is 13.0. The minimum Gasteiger partial charge on any atom is -0.460 e. The van der Waals surface area contributed by atoms with E-state index in [-0.39, 0.29) is 11.9 Å². The maximum absolute atomic E-state index is 13.0. The van der Waals surface area contributed by atoms with Gasteiger partial charge in [-0.25, -0.2) is 4.79 Å². The number of fused-ring (bicyclic) bond motifs is 2. The summed E-state index contributed by atoms with van der Waals surface area (Å²) in [7, 11) is 0. The van der Waals surface area contributed by atoms with Gasteiger partial charge in [0.1, 0.15) is 11.2 Å². The lowest BCUT2D eigenvalue weighted by atomic mass is 9.55. The predicted molar refractivity (Wildman–Crippen MR) is 93.3 cm³/mol. The molecule has 4 nitrogen and oxygen atoms in total. The average molecular weight is 336 g/mol. The molecule has 2 aliphatic carbocycles. The molecule has 24 heavy (non-hydrogen) atoms. The van der Waals surface area contributed by atoms with Crippen molar-refractivity contribution in [2.45, 2.75) is 84.8 Å². The van der Waals surface area contributed by atoms with Crippen LogP contribution in [0, 0.1) is 17.3 Å². The van der Waals surface area contributed by atoms with Crippen molar-refractivity contribution in [3.05, 3.63) is 12.2 Å². The highest BCUT2D eigenvalue weighted by Gasteiger charge is 2.56. The summed E-state index contributed by atoms with van der Waals surface area (Å²) in [6.07, 6.45) is 4.06. The van der Waals surface area contributed by atoms with E-state index >= 15 is 0 Å². The first-order chi connectivity index (χ1) is 10.8. The Balaban J connectivity index is 2.28. The van der Waals surface area contributed by atoms with Crippen molar-refractivity contribution in [1.29, 1.82) is 0 Å². The SMILES string of the molecule is C=C(C)C(=O)OC1(C)CC2CC(C)CC(C(=O)OC(C)(C)C)(C2)C1. The number of rotatable bonds is 3. The lowest BCUT2D eigenvalue weighted by molar-refractivity contribution is -0.193. The fourth-order valence-corrected chi connectivity index (χ4v) is 4.75. The van der Waals surface area contributed by atoms with E-state index in [1.807, 2.05) is 27.7 Å². The van der Waals surface area contributed by atoms with Crippen LogP contribution in [0.5, 0.6) is 0 Å². The highest BCUT2D eigenvalue weighted by molar-refractivity contribution is 5.87. The molecule has 0 saturated heterocycles. The zero-order valence-corrected chi connectivity index (χ0v) is 16.0. The van der Waals surface area contributed by atoms with E-state index in [9.17, 15) is 9.59 Å². The third kappa shape index (κ3) is 4.20. The number of carbonyl (C=O) groups excluding carboxylic acids is 2. The van der Waals surface area contributed by atoms with Crippen LogP contribution in [0.2, 0.25) is 0 Å². The average Bonchev–Trinajstić information content (AvgIpc) is 2.33. The van der Waals surface area contributed by atoms with Gasteiger partial charge < -0.3 is 9.47 Å². The third-order valence-corrected chi connectivity index (χ3v) is 5.11. The number of hydrogen-bond donors (Lipinski definition) is 0. The van der Waals surface area contributed by atoms with Crippen molar-refractivity contribution >= 4 is 11.9 Å². The molecule has 2 saturated carbocycles. The van der Waals surface area contributed by atoms with Gasteiger partial charge in [-0.3, -0.25) is 4.79 Å². The highest BCUT2D eigenvalue weighted by Crippen LogP contribution is 2.56. The van der Waals surface area contributed by atoms with Gasteiger partial charge in [0.2, 0.25) is 0 Å². The minimum atomic E-state index is -0.629. The number of ether oxygens (including phenoxy) is 2. The van der Waals surface area contributed by atoms with Crippen LogP contribution in [0.25, 0.3) is 0 Å². The second-order valence-corrected chi connectivity index (χ2v) is 9.40. The summed E-state index contributed by atoms with van der Waals surface area (Å²) < 4.78 is 11.5. The topological polar surface area (TPSA) is 52.6 Å². The molecule has 0 spiro atoms. The van der Waals surface area contributed by atoms with E-state index in [1.54, 1.807) is 6.92 Å². The molecule has 0 heterocycles. The quantitative estimate of drug-likeness (QED) is 0.565. The molecule has 2 bridgehead atoms. The van der Waals surface area contributed by atoms with Gasteiger partial charge in [-0.1, -0.05) is 13.5 Å². The summed E-state index contributed by atoms with van der Waals surface area (Å²) in [5, 5.41) is 0. The van der Waals surface area contributed by atoms with Crippen molar-refractivity contribution in [1.82, 2.24) is 0 Å². The zero-order valence-electron chi connectivity index (χ0n) is 16.0. The molecular weight excluding hydrogens is 304 g/mol. The summed E-state index contributed by atoms with van der Waals surface area (Å²) in [6.45, 7) is 15.2. The van der Waals surface area contributed by atoms with E-state index in [0.717, 1.165) is 25.7 Å². The lowest BCUT2D eigenvalue weighted by Gasteiger charge is -2.52. The minimum absolute atomic E-state index is 0.135. The van der Waals surface area contributed by atoms with Crippen LogP contribution >= 0.6 is 0 Å². The molecule has 4 heteroatoms. The van der Waals surface area contributed by atoms with Crippen LogP contribution in [0.15, 0.2) is 12.2 Å². The normalized spacial score (nSPS) is 35.9. The molecule has 0 aromatic carbocycles. The van der Waals surface area contributed by atoms with Crippen LogP contribution in [0.1, 0.15) is 73.6 Å². The molecule has 0 N–H and O–H groups in total. The van der Waals surface area contributed by atoms with Gasteiger partial charge >= 0.3 is 11.9 Å². The molecule has 0 aliphatic heterocycles. The van der Waals surface area contributed by atoms with Crippen LogP contribution in [0.3, 0.4) is 0 Å². The van der Waals surface area contributed by atoms with E-state index in [4.69, 9.17) is 9.47 Å². The Hall–Kier alpha value is -1.32. The van der Waals surface area contributed by atoms with Gasteiger partial charge in [-0.15, -0.1) is 0 Å². The number of hydrogen-bond acceptors (Lipinski definition) is 4. The Kier molecular flexibility index (Phi) is 4.91. The summed E-state index contributed by atoms with van der Waals surface area (Å²) in [6, 6.07) is 0. The second kappa shape index (κ2) is 6.20. The van der Waals surface area contributed by atoms with Gasteiger partial charge in [-0.2, -0.15) is 0 Å². The highest BCUT2D eigenvalue weighted by atomic mass is 16.6. The summed E-state index contributed by atoms with van der Waals surface area (Å²) in [4.78, 5) is 25.1. The van der Waals surface area contributed by atoms with Crippen molar-refractivity contribution in [2.75, 3.05) is 0 Å². The van der Waals surface area contributed by atoms with Gasteiger partial charge in [-0.05, 0) is 72.1 Å². The predicted octanol–water partition coefficient (Wildman–Crippen LogP) is 4.42. The summed E-state index contributed by atoms with van der Waals surface area (Å²) in [5.74, 6) is 0.365. The molecule has 0 aromatic rings. The molecule has 2 rings (SSSR count). The van der Waals surface area contributed by atoms with Gasteiger partial charge in [0.25, 0.3) is 0 Å². The molecule has 4 unspecified atom stereocenters. The Morgan fingerprint density at radius 1 is 1.17 bits per heavy atom. The van der Waals surface area contributed by atoms with Crippen molar-refractivity contribution in [3.8, 4) is 0 Å². The van der Waals surface area contributed by atoms with Crippen LogP contribution in [-0.2, 0) is 19.1 Å². The fourth-order valence-electron chi connectivity index (χ4n) is 4.75. The van der Waals surface area contributed by atoms with E-state index < -0.39 is 16.6 Å². The Morgan fingerprint density at radius 3 is 2.33 bits per heavy atom. The Labute approximate surface area is 146 Å². The van der Waals surface area contributed by atoms with Crippen molar-refractivity contribution in [3.63, 3.8) is 0 Å². The first-order valence-electron chi connectivity index (χ1n) is 8.96. The van der Waals surface area contributed by atoms with Gasteiger partial charge in [0, 0.05) is 12.0 Å². The first kappa shape index (κ1) is 19.0. The van der Waals surface area contributed by atoms with Crippen LogP contribution in [0.4, 0.5) is 0 Å². The zero-order chi connectivity index (χ0) is 18.3. The first-order valence-corrected chi connectivity index (χ1v) is 8.96. The van der Waals surface area contributed by atoms with Crippen LogP contribution < -0.4 is 0 Å². The molecule has 0 amide bonds. The second-order valence-electron chi connectivity index (χ2n) is 9.40. The third-order valence-electron chi connectivity index (χ3n) is 5.11. The van der Waals surface area contributed by atoms with Crippen molar-refractivity contribution in [2.24, 2.45) is 17.3 Å². The molecular formula is C20H32O4. The molecule has 4 atom stereocenters. The smallest absolute Gasteiger partial charge is 0.333 e. The van der Waals surface area contributed by atoms with E-state index in [0.29, 0.717) is 23.8 Å². The summed E-state index contributed by atoms with van der Waals surface area (Å²) >= 11 is 0. The molecule has 2 aliphatic rings. The molecule has 136 valence electrons. The Morgan fingerprint density at radius 2 is 1.79 bits per heavy atom. The maximum Gasteiger partial charge on any atom is 0.333 e. The standard InChI is InChI=1S/C20H32O4/c1-13(2)16(21)23-19(7)10-15-8-14(3)9-20(11-15,12-19)17(22)24-18(4,5)6/h14-15H,1,8-12H2,2-7H3. The monoisotopic (exact) mass is 336 g/mol. The van der Waals surface area contributed by atoms with Crippen LogP contribution in [-0.4, -0.2) is 23.1 Å². The van der Waals surface area contributed by atoms with Gasteiger partial charge in [0.05, 0.1) is 5.41 Å². The van der Waals surface area contributed by atoms with E-state index in [2.05, 4.69) is 13.5 Å². The van der Waals surface area contributed by atoms with Crippen molar-refractivity contribution < 1.29 is 19.1 Å². The molecule has 0 radical (unpaired) electrons. The fraction of sp³-hybridized carbons (Fsp3) is 0.800. The molecule has 0 aromatic heterocycles.